The zero-order valence-corrected chi connectivity index (χ0v) is 11.3. The number of hydrogen-bond acceptors (Lipinski definition) is 5. The van der Waals surface area contributed by atoms with E-state index in [-0.39, 0.29) is 24.8 Å². The van der Waals surface area contributed by atoms with Gasteiger partial charge in [0, 0.05) is 6.54 Å². The second-order valence-electron chi connectivity index (χ2n) is 4.02. The van der Waals surface area contributed by atoms with Crippen molar-refractivity contribution in [3.05, 3.63) is 24.2 Å². The van der Waals surface area contributed by atoms with E-state index in [9.17, 15) is 14.4 Å². The Morgan fingerprint density at radius 3 is 2.75 bits per heavy atom. The van der Waals surface area contributed by atoms with E-state index >= 15 is 0 Å². The van der Waals surface area contributed by atoms with E-state index in [4.69, 9.17) is 9.15 Å². The number of hydrogen-bond donors (Lipinski definition) is 2. The van der Waals surface area contributed by atoms with Crippen LogP contribution in [0, 0.1) is 0 Å². The molecular formula is C13H18N2O5. The topological polar surface area (TPSA) is 97.6 Å². The maximum absolute atomic E-state index is 11.4. The molecule has 7 nitrogen and oxygen atoms in total. The molecular weight excluding hydrogens is 264 g/mol. The second-order valence-corrected chi connectivity index (χ2v) is 4.02. The summed E-state index contributed by atoms with van der Waals surface area (Å²) in [6.45, 7) is 1.90. The van der Waals surface area contributed by atoms with Crippen molar-refractivity contribution in [2.24, 2.45) is 0 Å². The third-order valence-corrected chi connectivity index (χ3v) is 2.36. The van der Waals surface area contributed by atoms with Gasteiger partial charge in [-0.25, -0.2) is 0 Å². The predicted octanol–water partition coefficient (Wildman–Crippen LogP) is 0.469. The van der Waals surface area contributed by atoms with Gasteiger partial charge in [-0.1, -0.05) is 13.3 Å². The summed E-state index contributed by atoms with van der Waals surface area (Å²) in [5, 5.41) is 4.93. The second kappa shape index (κ2) is 8.73. The first-order chi connectivity index (χ1) is 9.63. The summed E-state index contributed by atoms with van der Waals surface area (Å²) < 4.78 is 9.56. The molecule has 0 aliphatic carbocycles. The predicted molar refractivity (Wildman–Crippen MR) is 69.9 cm³/mol. The van der Waals surface area contributed by atoms with Crippen molar-refractivity contribution < 1.29 is 23.5 Å². The first kappa shape index (κ1) is 15.7. The zero-order chi connectivity index (χ0) is 14.8. The number of nitrogens with one attached hydrogen (secondary N) is 2. The SMILES string of the molecule is CCCCNC(=O)COC(=O)CNC(=O)c1ccco1. The summed E-state index contributed by atoms with van der Waals surface area (Å²) in [6, 6.07) is 3.04. The van der Waals surface area contributed by atoms with Crippen molar-refractivity contribution >= 4 is 17.8 Å². The van der Waals surface area contributed by atoms with Crippen LogP contribution in [-0.4, -0.2) is 37.5 Å². The minimum absolute atomic E-state index is 0.107. The van der Waals surface area contributed by atoms with Crippen LogP contribution in [0.25, 0.3) is 0 Å². The molecule has 0 fully saturated rings. The van der Waals surface area contributed by atoms with Crippen molar-refractivity contribution in [2.45, 2.75) is 19.8 Å². The highest BCUT2D eigenvalue weighted by atomic mass is 16.5. The van der Waals surface area contributed by atoms with Gasteiger partial charge < -0.3 is 19.8 Å². The van der Waals surface area contributed by atoms with Crippen LogP contribution in [0.3, 0.4) is 0 Å². The first-order valence-corrected chi connectivity index (χ1v) is 6.37. The summed E-state index contributed by atoms with van der Waals surface area (Å²) in [6.07, 6.45) is 3.20. The Hall–Kier alpha value is -2.31. The quantitative estimate of drug-likeness (QED) is 0.533. The van der Waals surface area contributed by atoms with Crippen molar-refractivity contribution in [3.63, 3.8) is 0 Å². The molecule has 110 valence electrons. The molecule has 0 spiro atoms. The van der Waals surface area contributed by atoms with Crippen LogP contribution >= 0.6 is 0 Å². The molecule has 0 bridgehead atoms. The largest absolute Gasteiger partial charge is 0.459 e. The van der Waals surface area contributed by atoms with Gasteiger partial charge in [0.2, 0.25) is 0 Å². The molecule has 0 aliphatic heterocycles. The molecule has 1 aromatic rings. The zero-order valence-electron chi connectivity index (χ0n) is 11.3. The van der Waals surface area contributed by atoms with Crippen molar-refractivity contribution in [1.29, 1.82) is 0 Å². The van der Waals surface area contributed by atoms with E-state index in [1.807, 2.05) is 6.92 Å². The summed E-state index contributed by atoms with van der Waals surface area (Å²) in [7, 11) is 0. The van der Waals surface area contributed by atoms with Crippen LogP contribution < -0.4 is 10.6 Å². The highest BCUT2D eigenvalue weighted by molar-refractivity contribution is 5.93. The van der Waals surface area contributed by atoms with Gasteiger partial charge in [0.15, 0.2) is 12.4 Å². The number of esters is 1. The van der Waals surface area contributed by atoms with Crippen LogP contribution in [0.15, 0.2) is 22.8 Å². The maximum atomic E-state index is 11.4. The number of unbranched alkanes of at least 4 members (excludes halogenated alkanes) is 1. The van der Waals surface area contributed by atoms with Crippen molar-refractivity contribution in [2.75, 3.05) is 19.7 Å². The van der Waals surface area contributed by atoms with E-state index in [2.05, 4.69) is 10.6 Å². The Morgan fingerprint density at radius 1 is 1.30 bits per heavy atom. The van der Waals surface area contributed by atoms with Gasteiger partial charge >= 0.3 is 5.97 Å². The van der Waals surface area contributed by atoms with E-state index in [0.29, 0.717) is 6.54 Å². The van der Waals surface area contributed by atoms with Gasteiger partial charge in [0.05, 0.1) is 6.26 Å². The summed E-state index contributed by atoms with van der Waals surface area (Å²) in [5.41, 5.74) is 0. The van der Waals surface area contributed by atoms with Gasteiger partial charge in [0.1, 0.15) is 6.54 Å². The lowest BCUT2D eigenvalue weighted by molar-refractivity contribution is -0.147. The summed E-state index contributed by atoms with van der Waals surface area (Å²) in [4.78, 5) is 34.0. The molecule has 0 saturated carbocycles. The third-order valence-electron chi connectivity index (χ3n) is 2.36. The molecule has 2 N–H and O–H groups in total. The fraction of sp³-hybridized carbons (Fsp3) is 0.462. The number of carbonyl (C=O) groups is 3. The monoisotopic (exact) mass is 282 g/mol. The fourth-order valence-electron chi connectivity index (χ4n) is 1.30. The van der Waals surface area contributed by atoms with Gasteiger partial charge in [-0.3, -0.25) is 14.4 Å². The minimum atomic E-state index is -0.685. The third kappa shape index (κ3) is 6.03. The highest BCUT2D eigenvalue weighted by Gasteiger charge is 2.11. The Morgan fingerprint density at radius 2 is 2.10 bits per heavy atom. The van der Waals surface area contributed by atoms with Crippen LogP contribution in [0.2, 0.25) is 0 Å². The molecule has 2 amide bonds. The number of ether oxygens (including phenoxy) is 1. The molecule has 1 heterocycles. The lowest BCUT2D eigenvalue weighted by Crippen LogP contribution is -2.34. The van der Waals surface area contributed by atoms with E-state index in [0.717, 1.165) is 12.8 Å². The molecule has 1 aromatic heterocycles. The van der Waals surface area contributed by atoms with E-state index in [1.165, 1.54) is 12.3 Å². The molecule has 0 radical (unpaired) electrons. The van der Waals surface area contributed by atoms with E-state index in [1.54, 1.807) is 6.07 Å². The van der Waals surface area contributed by atoms with Crippen LogP contribution in [0.1, 0.15) is 30.3 Å². The molecule has 20 heavy (non-hydrogen) atoms. The van der Waals surface area contributed by atoms with Crippen LogP contribution in [0.5, 0.6) is 0 Å². The minimum Gasteiger partial charge on any atom is -0.459 e. The van der Waals surface area contributed by atoms with E-state index < -0.39 is 11.9 Å². The van der Waals surface area contributed by atoms with Gasteiger partial charge in [-0.15, -0.1) is 0 Å². The summed E-state index contributed by atoms with van der Waals surface area (Å²) >= 11 is 0. The molecule has 0 aromatic carbocycles. The molecule has 7 heteroatoms. The molecule has 0 aliphatic rings. The lowest BCUT2D eigenvalue weighted by Gasteiger charge is -2.06. The fourth-order valence-corrected chi connectivity index (χ4v) is 1.30. The number of amides is 2. The number of rotatable bonds is 8. The van der Waals surface area contributed by atoms with Crippen LogP contribution in [-0.2, 0) is 14.3 Å². The Labute approximate surface area is 116 Å². The molecule has 0 unspecified atom stereocenters. The van der Waals surface area contributed by atoms with Crippen molar-refractivity contribution in [1.82, 2.24) is 10.6 Å². The number of furan rings is 1. The molecule has 0 atom stereocenters. The van der Waals surface area contributed by atoms with Crippen LogP contribution in [0.4, 0.5) is 0 Å². The summed E-state index contributed by atoms with van der Waals surface area (Å²) in [5.74, 6) is -1.45. The normalized spacial score (nSPS) is 9.85. The smallest absolute Gasteiger partial charge is 0.325 e. The number of carbonyl (C=O) groups excluding carboxylic acids is 3. The average molecular weight is 282 g/mol. The Bertz CT molecular complexity index is 442. The standard InChI is InChI=1S/C13H18N2O5/c1-2-3-6-14-11(16)9-20-12(17)8-15-13(18)10-5-4-7-19-10/h4-5,7H,2-3,6,8-9H2,1H3,(H,14,16)(H,15,18). The Kier molecular flexibility index (Phi) is 6.88. The maximum Gasteiger partial charge on any atom is 0.325 e. The van der Waals surface area contributed by atoms with Crippen molar-refractivity contribution in [3.8, 4) is 0 Å². The highest BCUT2D eigenvalue weighted by Crippen LogP contribution is 1.98. The van der Waals surface area contributed by atoms with Gasteiger partial charge in [0.25, 0.3) is 11.8 Å². The lowest BCUT2D eigenvalue weighted by atomic mass is 10.3. The molecule has 0 saturated heterocycles. The molecule has 1 rings (SSSR count). The Balaban J connectivity index is 2.14. The van der Waals surface area contributed by atoms with Gasteiger partial charge in [-0.05, 0) is 18.6 Å². The average Bonchev–Trinajstić information content (AvgIpc) is 2.97. The first-order valence-electron chi connectivity index (χ1n) is 6.37. The van der Waals surface area contributed by atoms with Gasteiger partial charge in [-0.2, -0.15) is 0 Å².